The number of hydrogen-bond acceptors (Lipinski definition) is 7. The number of phenolic OH excluding ortho intramolecular Hbond substituents is 4. The number of hydrazine groups is 1. The second-order valence-corrected chi connectivity index (χ2v) is 7.65. The van der Waals surface area contributed by atoms with E-state index in [4.69, 9.17) is 0 Å². The summed E-state index contributed by atoms with van der Waals surface area (Å²) >= 11 is 0. The zero-order valence-corrected chi connectivity index (χ0v) is 18.5. The molecule has 0 aliphatic heterocycles. The van der Waals surface area contributed by atoms with Crippen LogP contribution in [0.1, 0.15) is 18.1 Å². The molecule has 0 bridgehead atoms. The molecule has 0 aromatic heterocycles. The smallest absolute Gasteiger partial charge is 0.260 e. The molecule has 2 aromatic carbocycles. The fourth-order valence-corrected chi connectivity index (χ4v) is 2.87. The molecule has 2 aromatic rings. The number of carbonyl (C=O) groups is 2. The highest BCUT2D eigenvalue weighted by atomic mass is 16.3. The molecule has 0 fully saturated rings. The van der Waals surface area contributed by atoms with Crippen molar-refractivity contribution in [2.75, 3.05) is 19.6 Å². The van der Waals surface area contributed by atoms with Crippen LogP contribution in [0, 0.1) is 0 Å². The Morgan fingerprint density at radius 2 is 1.39 bits per heavy atom. The highest BCUT2D eigenvalue weighted by Crippen LogP contribution is 2.25. The SMILES string of the molecule is C=C(C)C(=O)NN(CCc1ccc(O)c(O)c1)CC(=C)C(=O)NCCc1ccc(O)c(O)c1. The van der Waals surface area contributed by atoms with Crippen molar-refractivity contribution in [3.05, 3.63) is 71.8 Å². The Labute approximate surface area is 192 Å². The molecule has 0 aliphatic carbocycles. The summed E-state index contributed by atoms with van der Waals surface area (Å²) in [6.45, 7) is 9.62. The highest BCUT2D eigenvalue weighted by Gasteiger charge is 2.16. The molecule has 0 saturated carbocycles. The van der Waals surface area contributed by atoms with Crippen molar-refractivity contribution < 1.29 is 30.0 Å². The lowest BCUT2D eigenvalue weighted by Gasteiger charge is -2.24. The number of hydrogen-bond donors (Lipinski definition) is 6. The number of phenols is 4. The highest BCUT2D eigenvalue weighted by molar-refractivity contribution is 5.93. The number of carbonyl (C=O) groups excluding carboxylic acids is 2. The fraction of sp³-hybridized carbons (Fsp3) is 0.250. The lowest BCUT2D eigenvalue weighted by atomic mass is 10.1. The zero-order valence-electron chi connectivity index (χ0n) is 18.5. The Bertz CT molecular complexity index is 1050. The van der Waals surface area contributed by atoms with Crippen LogP contribution in [0.15, 0.2) is 60.7 Å². The van der Waals surface area contributed by atoms with E-state index in [0.717, 1.165) is 11.1 Å². The Balaban J connectivity index is 1.93. The van der Waals surface area contributed by atoms with Crippen molar-refractivity contribution in [2.24, 2.45) is 0 Å². The maximum atomic E-state index is 12.4. The van der Waals surface area contributed by atoms with Crippen LogP contribution < -0.4 is 10.7 Å². The van der Waals surface area contributed by atoms with Gasteiger partial charge in [0.1, 0.15) is 0 Å². The number of rotatable bonds is 11. The maximum Gasteiger partial charge on any atom is 0.260 e. The first-order valence-electron chi connectivity index (χ1n) is 10.3. The summed E-state index contributed by atoms with van der Waals surface area (Å²) < 4.78 is 0. The number of nitrogens with one attached hydrogen (secondary N) is 2. The van der Waals surface area contributed by atoms with Crippen LogP contribution >= 0.6 is 0 Å². The van der Waals surface area contributed by atoms with Crippen LogP contribution in [0.5, 0.6) is 23.0 Å². The first kappa shape index (κ1) is 25.3. The van der Waals surface area contributed by atoms with Gasteiger partial charge in [0.15, 0.2) is 23.0 Å². The minimum atomic E-state index is -0.399. The minimum Gasteiger partial charge on any atom is -0.504 e. The van der Waals surface area contributed by atoms with Gasteiger partial charge >= 0.3 is 0 Å². The van der Waals surface area contributed by atoms with Gasteiger partial charge in [0.05, 0.1) is 0 Å². The lowest BCUT2D eigenvalue weighted by molar-refractivity contribution is -0.123. The predicted octanol–water partition coefficient (Wildman–Crippen LogP) is 1.88. The summed E-state index contributed by atoms with van der Waals surface area (Å²) in [5.74, 6) is -1.70. The van der Waals surface area contributed by atoms with Crippen molar-refractivity contribution in [3.8, 4) is 23.0 Å². The van der Waals surface area contributed by atoms with E-state index in [1.807, 2.05) is 0 Å². The van der Waals surface area contributed by atoms with Gasteiger partial charge in [-0.3, -0.25) is 15.0 Å². The van der Waals surface area contributed by atoms with Gasteiger partial charge in [-0.05, 0) is 55.2 Å². The first-order valence-corrected chi connectivity index (χ1v) is 10.3. The number of nitrogens with zero attached hydrogens (tertiary/aromatic N) is 1. The average molecular weight is 456 g/mol. The van der Waals surface area contributed by atoms with Gasteiger partial charge in [-0.25, -0.2) is 5.01 Å². The number of aromatic hydroxyl groups is 4. The first-order chi connectivity index (χ1) is 15.6. The van der Waals surface area contributed by atoms with Crippen LogP contribution in [0.3, 0.4) is 0 Å². The molecule has 33 heavy (non-hydrogen) atoms. The van der Waals surface area contributed by atoms with Crippen molar-refractivity contribution in [1.29, 1.82) is 0 Å². The van der Waals surface area contributed by atoms with E-state index in [2.05, 4.69) is 23.9 Å². The lowest BCUT2D eigenvalue weighted by Crippen LogP contribution is -2.46. The molecule has 9 heteroatoms. The second kappa shape index (κ2) is 11.6. The fourth-order valence-electron chi connectivity index (χ4n) is 2.87. The third-order valence-corrected chi connectivity index (χ3v) is 4.80. The van der Waals surface area contributed by atoms with Crippen LogP contribution in [-0.2, 0) is 22.4 Å². The van der Waals surface area contributed by atoms with Gasteiger partial charge < -0.3 is 25.7 Å². The minimum absolute atomic E-state index is 0.0505. The normalized spacial score (nSPS) is 10.6. The molecule has 176 valence electrons. The van der Waals surface area contributed by atoms with Crippen LogP contribution in [0.25, 0.3) is 0 Å². The van der Waals surface area contributed by atoms with Crippen molar-refractivity contribution >= 4 is 11.8 Å². The standard InChI is InChI=1S/C24H29N3O6/c1-15(2)23(32)26-27(11-9-18-5-7-20(29)22(31)13-18)14-16(3)24(33)25-10-8-17-4-6-19(28)21(30)12-17/h4-7,12-13,28-31H,1,3,8-11,14H2,2H3,(H,25,33)(H,26,32). The summed E-state index contributed by atoms with van der Waals surface area (Å²) in [6.07, 6.45) is 0.858. The zero-order chi connectivity index (χ0) is 24.5. The molecular weight excluding hydrogens is 426 g/mol. The van der Waals surface area contributed by atoms with E-state index in [1.54, 1.807) is 19.1 Å². The van der Waals surface area contributed by atoms with E-state index >= 15 is 0 Å². The summed E-state index contributed by atoms with van der Waals surface area (Å²) in [5, 5.41) is 42.3. The number of amides is 2. The summed E-state index contributed by atoms with van der Waals surface area (Å²) in [4.78, 5) is 24.5. The van der Waals surface area contributed by atoms with Gasteiger partial charge in [0.25, 0.3) is 5.91 Å². The predicted molar refractivity (Wildman–Crippen MR) is 124 cm³/mol. The third-order valence-electron chi connectivity index (χ3n) is 4.80. The van der Waals surface area contributed by atoms with Crippen molar-refractivity contribution in [1.82, 2.24) is 15.8 Å². The molecule has 0 spiro atoms. The molecule has 6 N–H and O–H groups in total. The van der Waals surface area contributed by atoms with Gasteiger partial charge in [0.2, 0.25) is 5.91 Å². The Hall–Kier alpha value is -3.98. The molecular formula is C24H29N3O6. The Kier molecular flexibility index (Phi) is 8.88. The largest absolute Gasteiger partial charge is 0.504 e. The van der Waals surface area contributed by atoms with Crippen LogP contribution in [0.4, 0.5) is 0 Å². The second-order valence-electron chi connectivity index (χ2n) is 7.65. The summed E-state index contributed by atoms with van der Waals surface area (Å²) in [5.41, 5.74) is 4.67. The molecule has 2 rings (SSSR count). The van der Waals surface area contributed by atoms with Gasteiger partial charge in [-0.15, -0.1) is 0 Å². The van der Waals surface area contributed by atoms with E-state index in [0.29, 0.717) is 25.0 Å². The van der Waals surface area contributed by atoms with Gasteiger partial charge in [0, 0.05) is 30.8 Å². The Morgan fingerprint density at radius 3 is 1.91 bits per heavy atom. The molecule has 2 amide bonds. The van der Waals surface area contributed by atoms with Gasteiger partial charge in [-0.2, -0.15) is 0 Å². The van der Waals surface area contributed by atoms with E-state index in [1.165, 1.54) is 29.3 Å². The Morgan fingerprint density at radius 1 is 0.848 bits per heavy atom. The van der Waals surface area contributed by atoms with E-state index in [9.17, 15) is 30.0 Å². The molecule has 0 atom stereocenters. The quantitative estimate of drug-likeness (QED) is 0.173. The summed E-state index contributed by atoms with van der Waals surface area (Å²) in [7, 11) is 0. The van der Waals surface area contributed by atoms with Crippen LogP contribution in [0.2, 0.25) is 0 Å². The molecule has 0 aliphatic rings. The van der Waals surface area contributed by atoms with E-state index in [-0.39, 0.29) is 41.7 Å². The van der Waals surface area contributed by atoms with Crippen molar-refractivity contribution in [3.63, 3.8) is 0 Å². The molecule has 0 saturated heterocycles. The monoisotopic (exact) mass is 455 g/mol. The number of benzene rings is 2. The third kappa shape index (κ3) is 7.89. The average Bonchev–Trinajstić information content (AvgIpc) is 2.76. The molecule has 0 heterocycles. The van der Waals surface area contributed by atoms with Crippen molar-refractivity contribution in [2.45, 2.75) is 19.8 Å². The van der Waals surface area contributed by atoms with Crippen LogP contribution in [-0.4, -0.2) is 56.9 Å². The van der Waals surface area contributed by atoms with Gasteiger partial charge in [-0.1, -0.05) is 25.3 Å². The molecule has 0 unspecified atom stereocenters. The van der Waals surface area contributed by atoms with E-state index < -0.39 is 11.8 Å². The molecule has 9 nitrogen and oxygen atoms in total. The maximum absolute atomic E-state index is 12.4. The summed E-state index contributed by atoms with van der Waals surface area (Å²) in [6, 6.07) is 8.90. The topological polar surface area (TPSA) is 142 Å². The molecule has 0 radical (unpaired) electrons.